The van der Waals surface area contributed by atoms with Gasteiger partial charge in [0.15, 0.2) is 0 Å². The largest absolute Gasteiger partial charge is 0.417 e. The number of carbonyl (C=O) groups is 2. The molecule has 226 valence electrons. The Bertz CT molecular complexity index is 1270. The normalized spacial score (nSPS) is 14.2. The van der Waals surface area contributed by atoms with Crippen LogP contribution in [0.2, 0.25) is 15.1 Å². The standard InChI is InChI=1S/C24H18Cl3F9N2O3/c1-41-9-18(21(40)37-10-22(28,29)30)38-20(39)13-4-2-11(6-15(13)24(34,35)36)3-5-14(23(31,32)33)12-7-16(25)19(27)17(26)8-12/h2-8,14,18H,9-10H2,1H3,(H,37,40)(H,38,39)/b5-3+/t14?,18-/m1/s1. The Labute approximate surface area is 241 Å². The minimum absolute atomic E-state index is 0.198. The highest BCUT2D eigenvalue weighted by Crippen LogP contribution is 2.41. The molecule has 2 atom stereocenters. The van der Waals surface area contributed by atoms with Crippen LogP contribution >= 0.6 is 34.8 Å². The molecular formula is C24H18Cl3F9N2O3. The molecule has 2 aromatic rings. The van der Waals surface area contributed by atoms with Gasteiger partial charge in [0.05, 0.1) is 38.7 Å². The SMILES string of the molecule is COC[C@@H](NC(=O)c1ccc(/C=C/C(c2cc(Cl)c(Cl)c(Cl)c2)C(F)(F)F)cc1C(F)(F)F)C(=O)NCC(F)(F)F. The van der Waals surface area contributed by atoms with Gasteiger partial charge in [-0.05, 0) is 35.4 Å². The van der Waals surface area contributed by atoms with E-state index in [1.165, 1.54) is 5.32 Å². The second-order valence-corrected chi connectivity index (χ2v) is 9.49. The number of nitrogens with one attached hydrogen (secondary N) is 2. The van der Waals surface area contributed by atoms with E-state index in [-0.39, 0.29) is 15.1 Å². The van der Waals surface area contributed by atoms with Gasteiger partial charge in [-0.3, -0.25) is 9.59 Å². The Morgan fingerprint density at radius 3 is 2.02 bits per heavy atom. The summed E-state index contributed by atoms with van der Waals surface area (Å²) in [6.45, 7) is -2.46. The molecule has 1 unspecified atom stereocenters. The van der Waals surface area contributed by atoms with Gasteiger partial charge in [0.1, 0.15) is 12.6 Å². The summed E-state index contributed by atoms with van der Waals surface area (Å²) in [6.07, 6.45) is -13.7. The van der Waals surface area contributed by atoms with Gasteiger partial charge in [0.25, 0.3) is 5.91 Å². The van der Waals surface area contributed by atoms with Crippen molar-refractivity contribution in [2.75, 3.05) is 20.3 Å². The summed E-state index contributed by atoms with van der Waals surface area (Å²) < 4.78 is 125. The quantitative estimate of drug-likeness (QED) is 0.217. The lowest BCUT2D eigenvalue weighted by Gasteiger charge is -2.20. The van der Waals surface area contributed by atoms with Gasteiger partial charge in [-0.1, -0.05) is 53.0 Å². The van der Waals surface area contributed by atoms with Crippen molar-refractivity contribution in [2.45, 2.75) is 30.5 Å². The fourth-order valence-corrected chi connectivity index (χ4v) is 3.98. The molecule has 0 saturated carbocycles. The molecule has 0 aliphatic carbocycles. The molecule has 17 heteroatoms. The molecule has 0 spiro atoms. The first-order valence-electron chi connectivity index (χ1n) is 11.0. The zero-order valence-corrected chi connectivity index (χ0v) is 22.6. The van der Waals surface area contributed by atoms with E-state index >= 15 is 0 Å². The number of methoxy groups -OCH3 is 1. The molecule has 0 bridgehead atoms. The van der Waals surface area contributed by atoms with Gasteiger partial charge < -0.3 is 15.4 Å². The van der Waals surface area contributed by atoms with E-state index in [1.807, 2.05) is 5.32 Å². The highest BCUT2D eigenvalue weighted by molar-refractivity contribution is 6.48. The smallest absolute Gasteiger partial charge is 0.382 e. The average molecular weight is 660 g/mol. The van der Waals surface area contributed by atoms with Crippen molar-refractivity contribution < 1.29 is 53.8 Å². The summed E-state index contributed by atoms with van der Waals surface area (Å²) in [6, 6.07) is 1.90. The topological polar surface area (TPSA) is 67.4 Å². The van der Waals surface area contributed by atoms with Crippen molar-refractivity contribution in [3.63, 3.8) is 0 Å². The van der Waals surface area contributed by atoms with Crippen LogP contribution in [0.1, 0.15) is 33.0 Å². The number of rotatable bonds is 9. The number of benzene rings is 2. The lowest BCUT2D eigenvalue weighted by Crippen LogP contribution is -2.51. The van der Waals surface area contributed by atoms with Crippen molar-refractivity contribution in [1.82, 2.24) is 10.6 Å². The predicted octanol–water partition coefficient (Wildman–Crippen LogP) is 7.45. The minimum atomic E-state index is -5.20. The third-order valence-electron chi connectivity index (χ3n) is 5.21. The van der Waals surface area contributed by atoms with Crippen LogP contribution in [0.3, 0.4) is 0 Å². The van der Waals surface area contributed by atoms with E-state index < -0.39 is 77.7 Å². The molecule has 2 N–H and O–H groups in total. The maximum Gasteiger partial charge on any atom is 0.417 e. The van der Waals surface area contributed by atoms with Crippen LogP contribution in [0, 0.1) is 0 Å². The van der Waals surface area contributed by atoms with Gasteiger partial charge in [0.2, 0.25) is 5.91 Å². The first kappa shape index (κ1) is 34.5. The summed E-state index contributed by atoms with van der Waals surface area (Å²) in [5, 5.41) is 2.57. The summed E-state index contributed by atoms with van der Waals surface area (Å²) >= 11 is 17.4. The Balaban J connectivity index is 2.42. The third kappa shape index (κ3) is 9.97. The molecule has 2 rings (SSSR count). The van der Waals surface area contributed by atoms with Crippen LogP contribution in [0.4, 0.5) is 39.5 Å². The van der Waals surface area contributed by atoms with E-state index in [9.17, 15) is 49.1 Å². The van der Waals surface area contributed by atoms with Crippen LogP contribution in [0.15, 0.2) is 36.4 Å². The van der Waals surface area contributed by atoms with Gasteiger partial charge in [0, 0.05) is 7.11 Å². The number of allylic oxidation sites excluding steroid dienone is 1. The fourth-order valence-electron chi connectivity index (χ4n) is 3.37. The Hall–Kier alpha value is -2.68. The van der Waals surface area contributed by atoms with Gasteiger partial charge in [-0.25, -0.2) is 0 Å². The Morgan fingerprint density at radius 1 is 0.951 bits per heavy atom. The highest BCUT2D eigenvalue weighted by atomic mass is 35.5. The van der Waals surface area contributed by atoms with Crippen molar-refractivity contribution in [1.29, 1.82) is 0 Å². The zero-order chi connectivity index (χ0) is 31.3. The van der Waals surface area contributed by atoms with Crippen molar-refractivity contribution >= 4 is 52.7 Å². The van der Waals surface area contributed by atoms with Crippen LogP contribution in [-0.4, -0.2) is 50.5 Å². The van der Waals surface area contributed by atoms with Gasteiger partial charge in [-0.2, -0.15) is 39.5 Å². The van der Waals surface area contributed by atoms with Crippen LogP contribution in [0.25, 0.3) is 6.08 Å². The molecule has 41 heavy (non-hydrogen) atoms. The average Bonchev–Trinajstić information content (AvgIpc) is 2.83. The molecule has 5 nitrogen and oxygen atoms in total. The van der Waals surface area contributed by atoms with Crippen molar-refractivity contribution in [3.8, 4) is 0 Å². The molecule has 0 aliphatic heterocycles. The molecular weight excluding hydrogens is 642 g/mol. The molecule has 0 saturated heterocycles. The van der Waals surface area contributed by atoms with E-state index in [2.05, 4.69) is 4.74 Å². The lowest BCUT2D eigenvalue weighted by atomic mass is 9.96. The van der Waals surface area contributed by atoms with E-state index in [4.69, 9.17) is 34.8 Å². The van der Waals surface area contributed by atoms with Crippen LogP contribution in [-0.2, 0) is 15.7 Å². The number of ether oxygens (including phenoxy) is 1. The lowest BCUT2D eigenvalue weighted by molar-refractivity contribution is -0.140. The maximum atomic E-state index is 13.8. The van der Waals surface area contributed by atoms with Crippen LogP contribution < -0.4 is 10.6 Å². The summed E-state index contributed by atoms with van der Waals surface area (Å²) in [7, 11) is 1.03. The maximum absolute atomic E-state index is 13.8. The van der Waals surface area contributed by atoms with E-state index in [1.54, 1.807) is 0 Å². The monoisotopic (exact) mass is 658 g/mol. The molecule has 0 heterocycles. The summed E-state index contributed by atoms with van der Waals surface area (Å²) in [5.74, 6) is -5.25. The van der Waals surface area contributed by atoms with Crippen LogP contribution in [0.5, 0.6) is 0 Å². The molecule has 0 radical (unpaired) electrons. The summed E-state index contributed by atoms with van der Waals surface area (Å²) in [5.41, 5.74) is -3.49. The zero-order valence-electron chi connectivity index (χ0n) is 20.4. The first-order chi connectivity index (χ1) is 18.7. The van der Waals surface area contributed by atoms with E-state index in [0.29, 0.717) is 18.2 Å². The van der Waals surface area contributed by atoms with Gasteiger partial charge in [-0.15, -0.1) is 0 Å². The third-order valence-corrected chi connectivity index (χ3v) is 6.41. The number of alkyl halides is 9. The number of hydrogen-bond donors (Lipinski definition) is 2. The molecule has 0 aromatic heterocycles. The molecule has 2 amide bonds. The predicted molar refractivity (Wildman–Crippen MR) is 133 cm³/mol. The first-order valence-corrected chi connectivity index (χ1v) is 12.1. The molecule has 0 aliphatic rings. The second kappa shape index (κ2) is 13.5. The van der Waals surface area contributed by atoms with Gasteiger partial charge >= 0.3 is 18.5 Å². The van der Waals surface area contributed by atoms with Crippen molar-refractivity contribution in [2.24, 2.45) is 0 Å². The van der Waals surface area contributed by atoms with Crippen molar-refractivity contribution in [3.05, 3.63) is 73.7 Å². The summed E-state index contributed by atoms with van der Waals surface area (Å²) in [4.78, 5) is 24.7. The second-order valence-electron chi connectivity index (χ2n) is 8.29. The number of hydrogen-bond acceptors (Lipinski definition) is 3. The number of amides is 2. The number of carbonyl (C=O) groups excluding carboxylic acids is 2. The Morgan fingerprint density at radius 2 is 1.54 bits per heavy atom. The van der Waals surface area contributed by atoms with E-state index in [0.717, 1.165) is 31.4 Å². The highest BCUT2D eigenvalue weighted by Gasteiger charge is 2.40. The number of halogens is 12. The fraction of sp³-hybridized carbons (Fsp3) is 0.333. The molecule has 0 fully saturated rings. The minimum Gasteiger partial charge on any atom is -0.382 e. The molecule has 2 aromatic carbocycles. The Kier molecular flexibility index (Phi) is 11.4.